The molecule has 11 heteroatoms. The second-order valence-electron chi connectivity index (χ2n) is 7.31. The molecule has 1 aromatic carbocycles. The van der Waals surface area contributed by atoms with Crippen molar-refractivity contribution < 1.29 is 13.9 Å². The lowest BCUT2D eigenvalue weighted by molar-refractivity contribution is -0.132. The summed E-state index contributed by atoms with van der Waals surface area (Å²) in [5.41, 5.74) is 2.19. The van der Waals surface area contributed by atoms with Crippen LogP contribution in [0.4, 0.5) is 10.1 Å². The second kappa shape index (κ2) is 9.30. The van der Waals surface area contributed by atoms with Crippen LogP contribution in [0.3, 0.4) is 0 Å². The number of ether oxygens (including phenoxy) is 1. The van der Waals surface area contributed by atoms with Gasteiger partial charge in [-0.05, 0) is 19.1 Å². The Balaban J connectivity index is 1.43. The highest BCUT2D eigenvalue weighted by molar-refractivity contribution is 6.33. The van der Waals surface area contributed by atoms with Crippen LogP contribution in [0.25, 0.3) is 11.4 Å². The fraction of sp³-hybridized carbons (Fsp3) is 0.333. The van der Waals surface area contributed by atoms with Crippen LogP contribution in [-0.4, -0.2) is 63.8 Å². The van der Waals surface area contributed by atoms with Gasteiger partial charge in [0.1, 0.15) is 30.1 Å². The van der Waals surface area contributed by atoms with Crippen molar-refractivity contribution in [2.45, 2.75) is 13.5 Å². The van der Waals surface area contributed by atoms with E-state index < -0.39 is 5.82 Å². The van der Waals surface area contributed by atoms with Gasteiger partial charge in [0.15, 0.2) is 0 Å². The summed E-state index contributed by atoms with van der Waals surface area (Å²) in [5.74, 6) is -0.1000. The number of nitrogens with zero attached hydrogens (tertiary/aromatic N) is 6. The standard InChI is InChI=1S/C21H21Cl2FN6O2/c1-13-20(23)21(16-3-4-25-12-26-16)27-30(13)11-19(31)29-7-5-28(6-8-29)17-10-18(32-2)14(22)9-15(17)24/h3-4,9-10,12H,5-8,11H2,1-2H3. The molecule has 1 fully saturated rings. The summed E-state index contributed by atoms with van der Waals surface area (Å²) in [7, 11) is 1.49. The number of carbonyl (C=O) groups excluding carboxylic acids is 1. The Hall–Kier alpha value is -2.91. The molecule has 1 amide bonds. The van der Waals surface area contributed by atoms with Gasteiger partial charge in [-0.3, -0.25) is 9.48 Å². The van der Waals surface area contributed by atoms with Gasteiger partial charge >= 0.3 is 0 Å². The molecule has 32 heavy (non-hydrogen) atoms. The van der Waals surface area contributed by atoms with E-state index in [2.05, 4.69) is 15.1 Å². The summed E-state index contributed by atoms with van der Waals surface area (Å²) >= 11 is 12.4. The zero-order valence-corrected chi connectivity index (χ0v) is 19.1. The van der Waals surface area contributed by atoms with Crippen molar-refractivity contribution in [1.29, 1.82) is 0 Å². The maximum absolute atomic E-state index is 14.4. The minimum atomic E-state index is -0.422. The molecule has 0 bridgehead atoms. The predicted octanol–water partition coefficient (Wildman–Crippen LogP) is 3.45. The number of rotatable bonds is 5. The van der Waals surface area contributed by atoms with Gasteiger partial charge in [-0.2, -0.15) is 5.10 Å². The first kappa shape index (κ1) is 22.3. The Labute approximate surface area is 194 Å². The van der Waals surface area contributed by atoms with E-state index in [1.165, 1.54) is 19.5 Å². The SMILES string of the molecule is COc1cc(N2CCN(C(=O)Cn3nc(-c4ccncn4)c(Cl)c3C)CC2)c(F)cc1Cl. The van der Waals surface area contributed by atoms with Crippen molar-refractivity contribution in [3.05, 3.63) is 52.3 Å². The molecule has 1 aliphatic heterocycles. The quantitative estimate of drug-likeness (QED) is 0.558. The molecule has 0 radical (unpaired) electrons. The first-order valence-corrected chi connectivity index (χ1v) is 10.7. The Morgan fingerprint density at radius 1 is 1.22 bits per heavy atom. The van der Waals surface area contributed by atoms with Crippen molar-refractivity contribution >= 4 is 34.8 Å². The van der Waals surface area contributed by atoms with Crippen molar-refractivity contribution in [2.24, 2.45) is 0 Å². The van der Waals surface area contributed by atoms with Crippen LogP contribution in [-0.2, 0) is 11.3 Å². The average molecular weight is 479 g/mol. The molecule has 3 aromatic rings. The van der Waals surface area contributed by atoms with E-state index in [1.54, 1.807) is 27.9 Å². The van der Waals surface area contributed by atoms with Gasteiger partial charge in [0.25, 0.3) is 0 Å². The first-order valence-electron chi connectivity index (χ1n) is 9.94. The number of hydrogen-bond donors (Lipinski definition) is 0. The number of hydrogen-bond acceptors (Lipinski definition) is 6. The van der Waals surface area contributed by atoms with Gasteiger partial charge < -0.3 is 14.5 Å². The van der Waals surface area contributed by atoms with Crippen molar-refractivity contribution in [1.82, 2.24) is 24.6 Å². The van der Waals surface area contributed by atoms with Gasteiger partial charge in [-0.25, -0.2) is 14.4 Å². The Bertz CT molecular complexity index is 1130. The van der Waals surface area contributed by atoms with Crippen LogP contribution in [0.5, 0.6) is 5.75 Å². The summed E-state index contributed by atoms with van der Waals surface area (Å²) in [6.07, 6.45) is 3.03. The number of aromatic nitrogens is 4. The topological polar surface area (TPSA) is 76.4 Å². The van der Waals surface area contributed by atoms with Crippen LogP contribution in [0, 0.1) is 12.7 Å². The predicted molar refractivity (Wildman–Crippen MR) is 120 cm³/mol. The van der Waals surface area contributed by atoms with E-state index in [-0.39, 0.29) is 17.5 Å². The number of halogens is 3. The maximum atomic E-state index is 14.4. The lowest BCUT2D eigenvalue weighted by atomic mass is 10.2. The molecule has 1 aliphatic rings. The zero-order chi connectivity index (χ0) is 22.8. The van der Waals surface area contributed by atoms with Crippen LogP contribution >= 0.6 is 23.2 Å². The summed E-state index contributed by atoms with van der Waals surface area (Å²) in [6.45, 7) is 3.74. The highest BCUT2D eigenvalue weighted by Crippen LogP contribution is 2.33. The van der Waals surface area contributed by atoms with Crippen LogP contribution in [0.15, 0.2) is 30.7 Å². The van der Waals surface area contributed by atoms with E-state index >= 15 is 0 Å². The van der Waals surface area contributed by atoms with E-state index in [0.717, 1.165) is 0 Å². The summed E-state index contributed by atoms with van der Waals surface area (Å²) < 4.78 is 21.2. The first-order chi connectivity index (χ1) is 15.4. The van der Waals surface area contributed by atoms with Gasteiger partial charge in [0, 0.05) is 38.4 Å². The Kier molecular flexibility index (Phi) is 6.48. The van der Waals surface area contributed by atoms with E-state index in [4.69, 9.17) is 27.9 Å². The molecule has 2 aromatic heterocycles. The molecule has 0 N–H and O–H groups in total. The van der Waals surface area contributed by atoms with Crippen LogP contribution < -0.4 is 9.64 Å². The number of amides is 1. The molecule has 4 rings (SSSR count). The molecule has 0 atom stereocenters. The summed E-state index contributed by atoms with van der Waals surface area (Å²) in [5, 5.41) is 5.15. The fourth-order valence-corrected chi connectivity index (χ4v) is 4.07. The third-order valence-electron chi connectivity index (χ3n) is 5.44. The number of methoxy groups -OCH3 is 1. The average Bonchev–Trinajstić information content (AvgIpc) is 3.08. The molecule has 0 spiro atoms. The Morgan fingerprint density at radius 3 is 2.62 bits per heavy atom. The van der Waals surface area contributed by atoms with Crippen LogP contribution in [0.2, 0.25) is 10.0 Å². The Morgan fingerprint density at radius 2 is 1.97 bits per heavy atom. The fourth-order valence-electron chi connectivity index (χ4n) is 3.61. The lowest BCUT2D eigenvalue weighted by Gasteiger charge is -2.36. The molecule has 168 valence electrons. The largest absolute Gasteiger partial charge is 0.495 e. The maximum Gasteiger partial charge on any atom is 0.244 e. The molecule has 0 aliphatic carbocycles. The molecule has 8 nitrogen and oxygen atoms in total. The molecular weight excluding hydrogens is 458 g/mol. The monoisotopic (exact) mass is 478 g/mol. The minimum Gasteiger partial charge on any atom is -0.495 e. The molecule has 0 unspecified atom stereocenters. The van der Waals surface area contributed by atoms with Crippen molar-refractivity contribution in [2.75, 3.05) is 38.2 Å². The highest BCUT2D eigenvalue weighted by atomic mass is 35.5. The number of benzene rings is 1. The van der Waals surface area contributed by atoms with E-state index in [9.17, 15) is 9.18 Å². The zero-order valence-electron chi connectivity index (χ0n) is 17.6. The third kappa shape index (κ3) is 4.35. The molecule has 0 saturated carbocycles. The smallest absolute Gasteiger partial charge is 0.244 e. The summed E-state index contributed by atoms with van der Waals surface area (Å²) in [4.78, 5) is 24.6. The summed E-state index contributed by atoms with van der Waals surface area (Å²) in [6, 6.07) is 4.54. The molecule has 3 heterocycles. The van der Waals surface area contributed by atoms with E-state index in [0.29, 0.717) is 59.7 Å². The number of carbonyl (C=O) groups is 1. The minimum absolute atomic E-state index is 0.0553. The second-order valence-corrected chi connectivity index (χ2v) is 8.09. The van der Waals surface area contributed by atoms with Crippen molar-refractivity contribution in [3.8, 4) is 17.1 Å². The number of anilines is 1. The van der Waals surface area contributed by atoms with E-state index in [1.807, 2.05) is 11.8 Å². The third-order valence-corrected chi connectivity index (χ3v) is 6.19. The van der Waals surface area contributed by atoms with Gasteiger partial charge in [0.05, 0.1) is 34.2 Å². The van der Waals surface area contributed by atoms with Crippen molar-refractivity contribution in [3.63, 3.8) is 0 Å². The van der Waals surface area contributed by atoms with Gasteiger partial charge in [-0.15, -0.1) is 0 Å². The lowest BCUT2D eigenvalue weighted by Crippen LogP contribution is -2.50. The van der Waals surface area contributed by atoms with Gasteiger partial charge in [-0.1, -0.05) is 23.2 Å². The molecular formula is C21H21Cl2FN6O2. The normalized spacial score (nSPS) is 14.0. The van der Waals surface area contributed by atoms with Crippen LogP contribution in [0.1, 0.15) is 5.69 Å². The van der Waals surface area contributed by atoms with Gasteiger partial charge in [0.2, 0.25) is 5.91 Å². The molecule has 1 saturated heterocycles. The number of piperazine rings is 1. The highest BCUT2D eigenvalue weighted by Gasteiger charge is 2.25.